The summed E-state index contributed by atoms with van der Waals surface area (Å²) in [5, 5.41) is 9.55. The molecule has 1 N–H and O–H groups in total. The van der Waals surface area contributed by atoms with Crippen LogP contribution in [0.3, 0.4) is 0 Å². The highest BCUT2D eigenvalue weighted by Gasteiger charge is 2.57. The van der Waals surface area contributed by atoms with Gasteiger partial charge in [-0.05, 0) is 43.1 Å². The lowest BCUT2D eigenvalue weighted by Crippen LogP contribution is -2.48. The van der Waals surface area contributed by atoms with Crippen molar-refractivity contribution < 1.29 is 19.4 Å². The van der Waals surface area contributed by atoms with Crippen molar-refractivity contribution in [2.75, 3.05) is 11.5 Å². The van der Waals surface area contributed by atoms with Gasteiger partial charge in [-0.25, -0.2) is 0 Å². The van der Waals surface area contributed by atoms with Crippen molar-refractivity contribution in [3.05, 3.63) is 0 Å². The summed E-state index contributed by atoms with van der Waals surface area (Å²) in [5.74, 6) is 1.07. The minimum Gasteiger partial charge on any atom is -0.481 e. The lowest BCUT2D eigenvalue weighted by molar-refractivity contribution is -0.151. The van der Waals surface area contributed by atoms with E-state index in [9.17, 15) is 14.7 Å². The van der Waals surface area contributed by atoms with Gasteiger partial charge in [0.15, 0.2) is 0 Å². The van der Waals surface area contributed by atoms with Gasteiger partial charge in [0.05, 0.1) is 11.8 Å². The summed E-state index contributed by atoms with van der Waals surface area (Å²) < 4.78 is 5.29. The van der Waals surface area contributed by atoms with Crippen LogP contribution in [0.5, 0.6) is 0 Å². The molecule has 0 aromatic carbocycles. The number of hydrogen-bond acceptors (Lipinski definition) is 4. The van der Waals surface area contributed by atoms with E-state index in [-0.39, 0.29) is 29.8 Å². The van der Waals surface area contributed by atoms with Gasteiger partial charge in [-0.1, -0.05) is 0 Å². The summed E-state index contributed by atoms with van der Waals surface area (Å²) in [5.41, 5.74) is 0. The maximum Gasteiger partial charge on any atom is 0.309 e. The average Bonchev–Trinajstić information content (AvgIpc) is 2.62. The number of fused-ring (bicyclic) bond motifs is 2. The standard InChI is InChI=1S/C13H18O4S/c1-6-10-9(13(16)17-6)4-7-5-18-3-2-8(7)11(10)12(14)15/h6-11H,2-5H2,1H3,(H,14,15)/t6-,7-,8?,9-,10-,11+/m1/s1. The molecule has 2 heterocycles. The van der Waals surface area contributed by atoms with Crippen molar-refractivity contribution in [3.8, 4) is 0 Å². The Bertz CT molecular complexity index is 383. The highest BCUT2D eigenvalue weighted by molar-refractivity contribution is 7.99. The lowest BCUT2D eigenvalue weighted by atomic mass is 9.61. The van der Waals surface area contributed by atoms with E-state index in [4.69, 9.17) is 4.74 Å². The first-order valence-electron chi connectivity index (χ1n) is 6.60. The van der Waals surface area contributed by atoms with E-state index < -0.39 is 11.9 Å². The van der Waals surface area contributed by atoms with Crippen LogP contribution in [-0.2, 0) is 14.3 Å². The highest BCUT2D eigenvalue weighted by Crippen LogP contribution is 2.52. The third-order valence-electron chi connectivity index (χ3n) is 4.86. The van der Waals surface area contributed by atoms with Crippen LogP contribution in [0.15, 0.2) is 0 Å². The molecule has 1 saturated carbocycles. The fraction of sp³-hybridized carbons (Fsp3) is 0.846. The Balaban J connectivity index is 1.94. The summed E-state index contributed by atoms with van der Waals surface area (Å²) >= 11 is 1.89. The molecular weight excluding hydrogens is 252 g/mol. The molecule has 4 nitrogen and oxygen atoms in total. The van der Waals surface area contributed by atoms with Crippen LogP contribution in [-0.4, -0.2) is 34.7 Å². The van der Waals surface area contributed by atoms with Gasteiger partial charge in [0, 0.05) is 5.92 Å². The molecule has 6 atom stereocenters. The van der Waals surface area contributed by atoms with Gasteiger partial charge >= 0.3 is 11.9 Å². The molecule has 1 unspecified atom stereocenters. The molecule has 3 aliphatic rings. The average molecular weight is 270 g/mol. The van der Waals surface area contributed by atoms with Crippen LogP contribution in [0.25, 0.3) is 0 Å². The Morgan fingerprint density at radius 2 is 2.28 bits per heavy atom. The fourth-order valence-corrected chi connectivity index (χ4v) is 5.41. The number of ether oxygens (including phenoxy) is 1. The first-order chi connectivity index (χ1) is 8.59. The maximum absolute atomic E-state index is 11.8. The molecule has 0 amide bonds. The minimum atomic E-state index is -0.739. The van der Waals surface area contributed by atoms with E-state index in [0.29, 0.717) is 5.92 Å². The quantitative estimate of drug-likeness (QED) is 0.734. The van der Waals surface area contributed by atoms with Crippen LogP contribution >= 0.6 is 11.8 Å². The second-order valence-electron chi connectivity index (χ2n) is 5.71. The van der Waals surface area contributed by atoms with E-state index in [1.807, 2.05) is 18.7 Å². The van der Waals surface area contributed by atoms with E-state index in [2.05, 4.69) is 0 Å². The highest BCUT2D eigenvalue weighted by atomic mass is 32.2. The topological polar surface area (TPSA) is 63.6 Å². The Kier molecular flexibility index (Phi) is 3.04. The molecule has 0 radical (unpaired) electrons. The minimum absolute atomic E-state index is 0.112. The molecule has 3 rings (SSSR count). The number of cyclic esters (lactones) is 1. The molecule has 100 valence electrons. The number of rotatable bonds is 1. The van der Waals surface area contributed by atoms with Crippen molar-refractivity contribution in [1.82, 2.24) is 0 Å². The zero-order valence-electron chi connectivity index (χ0n) is 10.4. The number of carbonyl (C=O) groups is 2. The Hall–Kier alpha value is -0.710. The Morgan fingerprint density at radius 1 is 1.50 bits per heavy atom. The number of hydrogen-bond donors (Lipinski definition) is 1. The zero-order valence-corrected chi connectivity index (χ0v) is 11.2. The summed E-state index contributed by atoms with van der Waals surface area (Å²) in [6, 6.07) is 0. The van der Waals surface area contributed by atoms with Crippen LogP contribution in [0.4, 0.5) is 0 Å². The zero-order chi connectivity index (χ0) is 12.9. The van der Waals surface area contributed by atoms with Gasteiger partial charge in [0.2, 0.25) is 0 Å². The van der Waals surface area contributed by atoms with E-state index in [1.54, 1.807) is 0 Å². The monoisotopic (exact) mass is 270 g/mol. The Morgan fingerprint density at radius 3 is 3.00 bits per heavy atom. The van der Waals surface area contributed by atoms with E-state index in [1.165, 1.54) is 0 Å². The smallest absolute Gasteiger partial charge is 0.309 e. The normalized spacial score (nSPS) is 47.1. The second-order valence-corrected chi connectivity index (χ2v) is 6.86. The first-order valence-corrected chi connectivity index (χ1v) is 7.76. The fourth-order valence-electron chi connectivity index (χ4n) is 4.12. The van der Waals surface area contributed by atoms with Crippen molar-refractivity contribution in [2.45, 2.75) is 25.9 Å². The number of carboxylic acids is 1. The van der Waals surface area contributed by atoms with Gasteiger partial charge in [0.1, 0.15) is 6.10 Å². The van der Waals surface area contributed by atoms with Crippen molar-refractivity contribution in [2.24, 2.45) is 29.6 Å². The summed E-state index contributed by atoms with van der Waals surface area (Å²) in [6.45, 7) is 1.84. The second kappa shape index (κ2) is 4.44. The van der Waals surface area contributed by atoms with E-state index >= 15 is 0 Å². The number of thioether (sulfide) groups is 1. The molecule has 2 aliphatic heterocycles. The third-order valence-corrected chi connectivity index (χ3v) is 6.05. The van der Waals surface area contributed by atoms with Crippen LogP contribution in [0.2, 0.25) is 0 Å². The van der Waals surface area contributed by atoms with Crippen LogP contribution in [0, 0.1) is 29.6 Å². The van der Waals surface area contributed by atoms with Gasteiger partial charge < -0.3 is 9.84 Å². The van der Waals surface area contributed by atoms with E-state index in [0.717, 1.165) is 24.3 Å². The van der Waals surface area contributed by atoms with Gasteiger partial charge in [-0.15, -0.1) is 0 Å². The van der Waals surface area contributed by atoms with Crippen molar-refractivity contribution in [1.29, 1.82) is 0 Å². The molecule has 3 fully saturated rings. The lowest BCUT2D eigenvalue weighted by Gasteiger charge is -2.44. The Labute approximate surface area is 110 Å². The number of carbonyl (C=O) groups excluding carboxylic acids is 1. The molecule has 0 aromatic heterocycles. The van der Waals surface area contributed by atoms with Crippen molar-refractivity contribution >= 4 is 23.7 Å². The number of aliphatic carboxylic acids is 1. The van der Waals surface area contributed by atoms with Gasteiger partial charge in [-0.3, -0.25) is 9.59 Å². The third kappa shape index (κ3) is 1.75. The number of esters is 1. The first kappa shape index (κ1) is 12.3. The summed E-state index contributed by atoms with van der Waals surface area (Å²) in [6.07, 6.45) is 1.56. The SMILES string of the molecule is C[C@H]1OC(=O)[C@@H]2C[C@@H]3CSCCC3[C@H](C(=O)O)[C@H]12. The molecule has 5 heteroatoms. The molecule has 2 saturated heterocycles. The van der Waals surface area contributed by atoms with Gasteiger partial charge in [0.25, 0.3) is 0 Å². The predicted molar refractivity (Wildman–Crippen MR) is 67.2 cm³/mol. The molecule has 0 bridgehead atoms. The van der Waals surface area contributed by atoms with Gasteiger partial charge in [-0.2, -0.15) is 11.8 Å². The summed E-state index contributed by atoms with van der Waals surface area (Å²) in [4.78, 5) is 23.5. The van der Waals surface area contributed by atoms with Crippen LogP contribution < -0.4 is 0 Å². The number of carboxylic acid groups (broad SMARTS) is 1. The molecular formula is C13H18O4S. The molecule has 1 aliphatic carbocycles. The molecule has 0 aromatic rings. The van der Waals surface area contributed by atoms with Crippen molar-refractivity contribution in [3.63, 3.8) is 0 Å². The molecule has 18 heavy (non-hydrogen) atoms. The predicted octanol–water partition coefficient (Wildman–Crippen LogP) is 1.64. The maximum atomic E-state index is 11.8. The largest absolute Gasteiger partial charge is 0.481 e. The summed E-state index contributed by atoms with van der Waals surface area (Å²) in [7, 11) is 0. The molecule has 0 spiro atoms. The van der Waals surface area contributed by atoms with Crippen LogP contribution in [0.1, 0.15) is 19.8 Å².